The van der Waals surface area contributed by atoms with Crippen LogP contribution in [0.25, 0.3) is 0 Å². The highest BCUT2D eigenvalue weighted by molar-refractivity contribution is 6.27. The van der Waals surface area contributed by atoms with Crippen molar-refractivity contribution in [1.29, 1.82) is 0 Å². The second-order valence-corrected chi connectivity index (χ2v) is 7.49. The number of alkyl halides is 1. The zero-order valence-electron chi connectivity index (χ0n) is 15.9. The summed E-state index contributed by atoms with van der Waals surface area (Å²) in [5.41, 5.74) is 1.15. The molecule has 154 valence electrons. The van der Waals surface area contributed by atoms with Crippen LogP contribution in [0.4, 0.5) is 8.78 Å². The van der Waals surface area contributed by atoms with E-state index in [9.17, 15) is 18.4 Å². The van der Waals surface area contributed by atoms with Gasteiger partial charge in [-0.3, -0.25) is 9.59 Å². The molecule has 0 aliphatic heterocycles. The molecule has 2 aromatic carbocycles. The van der Waals surface area contributed by atoms with Gasteiger partial charge in [-0.1, -0.05) is 37.1 Å². The van der Waals surface area contributed by atoms with Crippen LogP contribution < -0.4 is 5.32 Å². The number of rotatable bonds is 7. The van der Waals surface area contributed by atoms with Gasteiger partial charge in [-0.15, -0.1) is 11.6 Å². The van der Waals surface area contributed by atoms with Crippen LogP contribution in [0.1, 0.15) is 42.9 Å². The number of halogens is 3. The Hall–Kier alpha value is -2.47. The van der Waals surface area contributed by atoms with Crippen molar-refractivity contribution in [2.75, 3.05) is 5.88 Å². The van der Waals surface area contributed by atoms with Crippen molar-refractivity contribution in [2.45, 2.75) is 44.3 Å². The average molecular weight is 421 g/mol. The van der Waals surface area contributed by atoms with Gasteiger partial charge in [-0.2, -0.15) is 0 Å². The molecule has 0 radical (unpaired) electrons. The summed E-state index contributed by atoms with van der Waals surface area (Å²) in [5.74, 6) is -1.90. The zero-order chi connectivity index (χ0) is 20.8. The van der Waals surface area contributed by atoms with Crippen LogP contribution in [0.3, 0.4) is 0 Å². The molecular formula is C22H23ClF2N2O2. The average Bonchev–Trinajstić information content (AvgIpc) is 3.22. The minimum Gasteiger partial charge on any atom is -0.351 e. The molecule has 3 rings (SSSR count). The van der Waals surface area contributed by atoms with Crippen molar-refractivity contribution in [2.24, 2.45) is 0 Å². The lowest BCUT2D eigenvalue weighted by Crippen LogP contribution is -2.46. The monoisotopic (exact) mass is 420 g/mol. The summed E-state index contributed by atoms with van der Waals surface area (Å²) in [6.07, 6.45) is 3.88. The smallest absolute Gasteiger partial charge is 0.247 e. The summed E-state index contributed by atoms with van der Waals surface area (Å²) in [5, 5.41) is 3.02. The van der Waals surface area contributed by atoms with Crippen molar-refractivity contribution < 1.29 is 18.4 Å². The maximum atomic E-state index is 13.5. The molecule has 1 aliphatic rings. The largest absolute Gasteiger partial charge is 0.351 e. The topological polar surface area (TPSA) is 49.4 Å². The van der Waals surface area contributed by atoms with Crippen LogP contribution in [0.2, 0.25) is 0 Å². The lowest BCUT2D eigenvalue weighted by molar-refractivity contribution is -0.140. The second-order valence-electron chi connectivity index (χ2n) is 7.23. The Kier molecular flexibility index (Phi) is 7.20. The molecule has 1 saturated carbocycles. The van der Waals surface area contributed by atoms with Gasteiger partial charge in [0, 0.05) is 12.6 Å². The van der Waals surface area contributed by atoms with Gasteiger partial charge >= 0.3 is 0 Å². The van der Waals surface area contributed by atoms with Gasteiger partial charge in [0.25, 0.3) is 0 Å². The van der Waals surface area contributed by atoms with E-state index in [1.165, 1.54) is 41.3 Å². The molecule has 0 aromatic heterocycles. The van der Waals surface area contributed by atoms with Gasteiger partial charge in [0.1, 0.15) is 23.6 Å². The van der Waals surface area contributed by atoms with Gasteiger partial charge in [0.2, 0.25) is 11.8 Å². The molecule has 1 atom stereocenters. The normalized spacial score (nSPS) is 15.1. The predicted octanol–water partition coefficient (Wildman–Crippen LogP) is 4.33. The molecule has 29 heavy (non-hydrogen) atoms. The van der Waals surface area contributed by atoms with Gasteiger partial charge in [-0.05, 0) is 48.2 Å². The standard InChI is InChI=1S/C22H23ClF2N2O2/c23-13-20(28)27(14-15-5-9-17(24)10-6-15)21(16-7-11-18(25)12-8-16)22(29)26-19-3-1-2-4-19/h5-12,19,21H,1-4,13-14H2,(H,26,29)/t21-/m1/s1. The van der Waals surface area contributed by atoms with Crippen LogP contribution >= 0.6 is 11.6 Å². The van der Waals surface area contributed by atoms with E-state index >= 15 is 0 Å². The molecule has 4 nitrogen and oxygen atoms in total. The fraction of sp³-hybridized carbons (Fsp3) is 0.364. The van der Waals surface area contributed by atoms with Gasteiger partial charge < -0.3 is 10.2 Å². The van der Waals surface area contributed by atoms with E-state index in [1.54, 1.807) is 12.1 Å². The lowest BCUT2D eigenvalue weighted by Gasteiger charge is -2.32. The van der Waals surface area contributed by atoms with Crippen molar-refractivity contribution in [3.8, 4) is 0 Å². The molecule has 0 bridgehead atoms. The summed E-state index contributed by atoms with van der Waals surface area (Å²) in [6.45, 7) is 0.0754. The molecule has 0 unspecified atom stereocenters. The number of amides is 2. The van der Waals surface area contributed by atoms with Crippen molar-refractivity contribution in [1.82, 2.24) is 10.2 Å². The molecule has 0 saturated heterocycles. The maximum absolute atomic E-state index is 13.5. The first-order chi connectivity index (χ1) is 14.0. The van der Waals surface area contributed by atoms with E-state index in [1.807, 2.05) is 0 Å². The highest BCUT2D eigenvalue weighted by Gasteiger charge is 2.32. The van der Waals surface area contributed by atoms with Crippen molar-refractivity contribution in [3.63, 3.8) is 0 Å². The number of nitrogens with zero attached hydrogens (tertiary/aromatic N) is 1. The molecule has 2 aromatic rings. The second kappa shape index (κ2) is 9.83. The van der Waals surface area contributed by atoms with Crippen LogP contribution in [0.15, 0.2) is 48.5 Å². The summed E-state index contributed by atoms with van der Waals surface area (Å²) < 4.78 is 26.7. The van der Waals surface area contributed by atoms with Gasteiger partial charge in [0.15, 0.2) is 0 Å². The summed E-state index contributed by atoms with van der Waals surface area (Å²) in [6, 6.07) is 10.3. The number of hydrogen-bond donors (Lipinski definition) is 1. The van der Waals surface area contributed by atoms with Crippen LogP contribution in [0, 0.1) is 11.6 Å². The van der Waals surface area contributed by atoms with E-state index < -0.39 is 23.6 Å². The van der Waals surface area contributed by atoms with E-state index in [0.717, 1.165) is 25.7 Å². The summed E-state index contributed by atoms with van der Waals surface area (Å²) in [7, 11) is 0. The Balaban J connectivity index is 1.94. The van der Waals surface area contributed by atoms with E-state index in [-0.39, 0.29) is 24.4 Å². The van der Waals surface area contributed by atoms with Crippen molar-refractivity contribution in [3.05, 3.63) is 71.3 Å². The first-order valence-electron chi connectivity index (χ1n) is 9.63. The Morgan fingerprint density at radius 3 is 2.10 bits per heavy atom. The maximum Gasteiger partial charge on any atom is 0.247 e. The third-order valence-corrected chi connectivity index (χ3v) is 5.38. The third kappa shape index (κ3) is 5.54. The van der Waals surface area contributed by atoms with Crippen molar-refractivity contribution >= 4 is 23.4 Å². The quantitative estimate of drug-likeness (QED) is 0.678. The summed E-state index contributed by atoms with van der Waals surface area (Å²) >= 11 is 5.83. The van der Waals surface area contributed by atoms with E-state index in [4.69, 9.17) is 11.6 Å². The number of nitrogens with one attached hydrogen (secondary N) is 1. The van der Waals surface area contributed by atoms with Crippen LogP contribution in [-0.4, -0.2) is 28.6 Å². The van der Waals surface area contributed by atoms with Crippen LogP contribution in [0.5, 0.6) is 0 Å². The Morgan fingerprint density at radius 2 is 1.55 bits per heavy atom. The first-order valence-corrected chi connectivity index (χ1v) is 10.2. The summed E-state index contributed by atoms with van der Waals surface area (Å²) in [4.78, 5) is 27.2. The molecule has 1 fully saturated rings. The molecule has 0 spiro atoms. The zero-order valence-corrected chi connectivity index (χ0v) is 16.7. The molecule has 1 N–H and O–H groups in total. The lowest BCUT2D eigenvalue weighted by atomic mass is 10.0. The van der Waals surface area contributed by atoms with Crippen LogP contribution in [-0.2, 0) is 16.1 Å². The molecule has 2 amide bonds. The Bertz CT molecular complexity index is 837. The number of hydrogen-bond acceptors (Lipinski definition) is 2. The highest BCUT2D eigenvalue weighted by Crippen LogP contribution is 2.26. The molecule has 7 heteroatoms. The number of benzene rings is 2. The SMILES string of the molecule is O=C(NC1CCCC1)[C@@H](c1ccc(F)cc1)N(Cc1ccc(F)cc1)C(=O)CCl. The first kappa shape index (κ1) is 21.2. The third-order valence-electron chi connectivity index (χ3n) is 5.15. The Morgan fingerprint density at radius 1 is 1.00 bits per heavy atom. The van der Waals surface area contributed by atoms with Gasteiger partial charge in [-0.25, -0.2) is 8.78 Å². The minimum atomic E-state index is -0.965. The van der Waals surface area contributed by atoms with E-state index in [0.29, 0.717) is 11.1 Å². The fourth-order valence-electron chi connectivity index (χ4n) is 3.65. The Labute approximate surface area is 173 Å². The molecular weight excluding hydrogens is 398 g/mol. The molecule has 1 aliphatic carbocycles. The van der Waals surface area contributed by atoms with E-state index in [2.05, 4.69) is 5.32 Å². The highest BCUT2D eigenvalue weighted by atomic mass is 35.5. The predicted molar refractivity (Wildman–Crippen MR) is 107 cm³/mol. The fourth-order valence-corrected chi connectivity index (χ4v) is 3.81. The molecule has 0 heterocycles. The minimum absolute atomic E-state index is 0.0595. The van der Waals surface area contributed by atoms with Gasteiger partial charge in [0.05, 0.1) is 0 Å². The number of carbonyl (C=O) groups excluding carboxylic acids is 2. The number of carbonyl (C=O) groups is 2.